The number of hydrogen-bond donors (Lipinski definition) is 1. The van der Waals surface area contributed by atoms with Gasteiger partial charge < -0.3 is 5.32 Å². The van der Waals surface area contributed by atoms with Crippen LogP contribution >= 0.6 is 11.5 Å². The van der Waals surface area contributed by atoms with E-state index in [9.17, 15) is 0 Å². The molecule has 0 bridgehead atoms. The van der Waals surface area contributed by atoms with Crippen molar-refractivity contribution in [2.75, 3.05) is 12.4 Å². The number of nitrogens with one attached hydrogen (secondary N) is 1. The number of benzene rings is 1. The van der Waals surface area contributed by atoms with Gasteiger partial charge in [-0.15, -0.1) is 5.10 Å². The summed E-state index contributed by atoms with van der Waals surface area (Å²) in [6, 6.07) is 8.11. The van der Waals surface area contributed by atoms with Crippen LogP contribution in [0, 0.1) is 0 Å². The van der Waals surface area contributed by atoms with E-state index in [-0.39, 0.29) is 0 Å². The standard InChI is InChI=1S/C9H9N3S/c1-10-8-4-2-7(3-5-8)9-6-13-12-11-9/h2-6,10H,1H3. The lowest BCUT2D eigenvalue weighted by molar-refractivity contribution is 1.16. The first kappa shape index (κ1) is 8.19. The van der Waals surface area contributed by atoms with Crippen LogP contribution < -0.4 is 5.32 Å². The van der Waals surface area contributed by atoms with Crippen LogP contribution in [0.15, 0.2) is 29.6 Å². The van der Waals surface area contributed by atoms with Crippen molar-refractivity contribution < 1.29 is 0 Å². The molecule has 1 N–H and O–H groups in total. The summed E-state index contributed by atoms with van der Waals surface area (Å²) in [5, 5.41) is 8.99. The van der Waals surface area contributed by atoms with Crippen LogP contribution in [0.5, 0.6) is 0 Å². The molecular weight excluding hydrogens is 182 g/mol. The van der Waals surface area contributed by atoms with Gasteiger partial charge in [0, 0.05) is 23.7 Å². The largest absolute Gasteiger partial charge is 0.388 e. The smallest absolute Gasteiger partial charge is 0.105 e. The highest BCUT2D eigenvalue weighted by Crippen LogP contribution is 2.19. The third-order valence-corrected chi connectivity index (χ3v) is 2.33. The summed E-state index contributed by atoms with van der Waals surface area (Å²) in [4.78, 5) is 0. The van der Waals surface area contributed by atoms with Crippen molar-refractivity contribution in [2.45, 2.75) is 0 Å². The molecule has 4 heteroatoms. The van der Waals surface area contributed by atoms with Crippen molar-refractivity contribution in [3.63, 3.8) is 0 Å². The molecule has 0 atom stereocenters. The van der Waals surface area contributed by atoms with Crippen LogP contribution in [0.4, 0.5) is 5.69 Å². The number of aromatic nitrogens is 2. The zero-order chi connectivity index (χ0) is 9.10. The van der Waals surface area contributed by atoms with E-state index >= 15 is 0 Å². The molecule has 3 nitrogen and oxygen atoms in total. The normalized spacial score (nSPS) is 9.92. The van der Waals surface area contributed by atoms with Crippen LogP contribution in [0.3, 0.4) is 0 Å². The Morgan fingerprint density at radius 3 is 2.54 bits per heavy atom. The summed E-state index contributed by atoms with van der Waals surface area (Å²) in [6.07, 6.45) is 0. The predicted octanol–water partition coefficient (Wildman–Crippen LogP) is 2.25. The van der Waals surface area contributed by atoms with Gasteiger partial charge >= 0.3 is 0 Å². The molecule has 1 aromatic heterocycles. The highest BCUT2D eigenvalue weighted by Gasteiger charge is 1.99. The monoisotopic (exact) mass is 191 g/mol. The van der Waals surface area contributed by atoms with E-state index in [2.05, 4.69) is 14.9 Å². The van der Waals surface area contributed by atoms with Gasteiger partial charge in [0.1, 0.15) is 5.69 Å². The van der Waals surface area contributed by atoms with Crippen molar-refractivity contribution in [2.24, 2.45) is 0 Å². The zero-order valence-electron chi connectivity index (χ0n) is 7.19. The van der Waals surface area contributed by atoms with Gasteiger partial charge in [-0.05, 0) is 23.7 Å². The highest BCUT2D eigenvalue weighted by molar-refractivity contribution is 7.03. The fourth-order valence-corrected chi connectivity index (χ4v) is 1.56. The van der Waals surface area contributed by atoms with Crippen molar-refractivity contribution in [3.05, 3.63) is 29.6 Å². The summed E-state index contributed by atoms with van der Waals surface area (Å²) in [7, 11) is 1.90. The average molecular weight is 191 g/mol. The van der Waals surface area contributed by atoms with Crippen LogP contribution in [0.2, 0.25) is 0 Å². The Balaban J connectivity index is 2.33. The first-order chi connectivity index (χ1) is 6.40. The Morgan fingerprint density at radius 1 is 1.23 bits per heavy atom. The van der Waals surface area contributed by atoms with Crippen molar-refractivity contribution in [1.29, 1.82) is 0 Å². The van der Waals surface area contributed by atoms with Gasteiger partial charge in [-0.1, -0.05) is 16.6 Å². The topological polar surface area (TPSA) is 37.8 Å². The quantitative estimate of drug-likeness (QED) is 0.791. The van der Waals surface area contributed by atoms with E-state index in [4.69, 9.17) is 0 Å². The molecule has 0 saturated heterocycles. The highest BCUT2D eigenvalue weighted by atomic mass is 32.1. The van der Waals surface area contributed by atoms with E-state index < -0.39 is 0 Å². The Bertz CT molecular complexity index is 366. The molecule has 13 heavy (non-hydrogen) atoms. The molecule has 0 unspecified atom stereocenters. The SMILES string of the molecule is CNc1ccc(-c2csnn2)cc1. The number of nitrogens with zero attached hydrogens (tertiary/aromatic N) is 2. The number of rotatable bonds is 2. The molecule has 1 heterocycles. The second-order valence-electron chi connectivity index (χ2n) is 2.62. The molecule has 2 rings (SSSR count). The van der Waals surface area contributed by atoms with Gasteiger partial charge in [-0.2, -0.15) is 0 Å². The molecular formula is C9H9N3S. The Morgan fingerprint density at radius 2 is 2.00 bits per heavy atom. The van der Waals surface area contributed by atoms with E-state index in [1.165, 1.54) is 11.5 Å². The molecule has 0 aliphatic heterocycles. The fraction of sp³-hybridized carbons (Fsp3) is 0.111. The maximum absolute atomic E-state index is 3.99. The summed E-state index contributed by atoms with van der Waals surface area (Å²) >= 11 is 1.37. The van der Waals surface area contributed by atoms with Gasteiger partial charge in [0.15, 0.2) is 0 Å². The van der Waals surface area contributed by atoms with E-state index in [0.29, 0.717) is 0 Å². The molecule has 66 valence electrons. The summed E-state index contributed by atoms with van der Waals surface area (Å²) in [6.45, 7) is 0. The second kappa shape index (κ2) is 3.53. The van der Waals surface area contributed by atoms with Crippen LogP contribution in [0.25, 0.3) is 11.3 Å². The molecule has 0 saturated carbocycles. The minimum absolute atomic E-state index is 0.938. The molecule has 0 aliphatic rings. The summed E-state index contributed by atoms with van der Waals surface area (Å²) in [5.41, 5.74) is 3.15. The minimum atomic E-state index is 0.938. The molecule has 0 fully saturated rings. The molecule has 0 aliphatic carbocycles. The molecule has 0 radical (unpaired) electrons. The second-order valence-corrected chi connectivity index (χ2v) is 3.23. The zero-order valence-corrected chi connectivity index (χ0v) is 8.01. The summed E-state index contributed by atoms with van der Waals surface area (Å²) < 4.78 is 3.82. The van der Waals surface area contributed by atoms with Crippen molar-refractivity contribution in [3.8, 4) is 11.3 Å². The first-order valence-electron chi connectivity index (χ1n) is 3.95. The first-order valence-corrected chi connectivity index (χ1v) is 4.79. The van der Waals surface area contributed by atoms with Gasteiger partial charge in [0.05, 0.1) is 0 Å². The van der Waals surface area contributed by atoms with E-state index in [0.717, 1.165) is 16.9 Å². The van der Waals surface area contributed by atoms with Crippen LogP contribution in [0.1, 0.15) is 0 Å². The van der Waals surface area contributed by atoms with Crippen LogP contribution in [-0.2, 0) is 0 Å². The molecule has 0 amide bonds. The summed E-state index contributed by atoms with van der Waals surface area (Å²) in [5.74, 6) is 0. The average Bonchev–Trinajstić information content (AvgIpc) is 2.71. The fourth-order valence-electron chi connectivity index (χ4n) is 1.10. The molecule has 0 spiro atoms. The number of hydrogen-bond acceptors (Lipinski definition) is 4. The number of anilines is 1. The van der Waals surface area contributed by atoms with Crippen molar-refractivity contribution in [1.82, 2.24) is 9.59 Å². The Kier molecular flexibility index (Phi) is 2.23. The predicted molar refractivity (Wildman–Crippen MR) is 54.9 cm³/mol. The maximum Gasteiger partial charge on any atom is 0.105 e. The Hall–Kier alpha value is -1.42. The third kappa shape index (κ3) is 1.67. The van der Waals surface area contributed by atoms with Crippen LogP contribution in [-0.4, -0.2) is 16.6 Å². The lowest BCUT2D eigenvalue weighted by Gasteiger charge is -1.99. The van der Waals surface area contributed by atoms with E-state index in [1.54, 1.807) is 0 Å². The van der Waals surface area contributed by atoms with Gasteiger partial charge in [0.2, 0.25) is 0 Å². The molecule has 2 aromatic rings. The third-order valence-electron chi connectivity index (χ3n) is 1.83. The van der Waals surface area contributed by atoms with Crippen molar-refractivity contribution >= 4 is 17.2 Å². The Labute approximate surface area is 80.6 Å². The maximum atomic E-state index is 3.99. The lowest BCUT2D eigenvalue weighted by atomic mass is 10.1. The lowest BCUT2D eigenvalue weighted by Crippen LogP contribution is -1.86. The van der Waals surface area contributed by atoms with Gasteiger partial charge in [-0.3, -0.25) is 0 Å². The van der Waals surface area contributed by atoms with Gasteiger partial charge in [0.25, 0.3) is 0 Å². The van der Waals surface area contributed by atoms with Gasteiger partial charge in [-0.25, -0.2) is 0 Å². The molecule has 1 aromatic carbocycles. The minimum Gasteiger partial charge on any atom is -0.388 e. The van der Waals surface area contributed by atoms with E-state index in [1.807, 2.05) is 36.7 Å².